The number of carboxylic acids is 1. The van der Waals surface area contributed by atoms with E-state index in [0.29, 0.717) is 22.4 Å². The Balaban J connectivity index is 1.53. The molecular formula is C41H39ClF3N5O7. The molecule has 2 aliphatic rings. The van der Waals surface area contributed by atoms with E-state index in [1.807, 2.05) is 0 Å². The van der Waals surface area contributed by atoms with Gasteiger partial charge >= 0.3 is 12.1 Å². The van der Waals surface area contributed by atoms with Crippen LogP contribution in [0.3, 0.4) is 0 Å². The summed E-state index contributed by atoms with van der Waals surface area (Å²) in [5.74, 6) is -5.23. The number of carbonyl (C=O) groups excluding carboxylic acids is 5. The second-order valence-corrected chi connectivity index (χ2v) is 13.9. The smallest absolute Gasteiger partial charge is 0.416 e. The van der Waals surface area contributed by atoms with Gasteiger partial charge in [0, 0.05) is 49.2 Å². The lowest BCUT2D eigenvalue weighted by Crippen LogP contribution is -2.59. The van der Waals surface area contributed by atoms with Crippen LogP contribution in [0.2, 0.25) is 5.02 Å². The summed E-state index contributed by atoms with van der Waals surface area (Å²) in [6.07, 6.45) is -6.02. The van der Waals surface area contributed by atoms with Crippen LogP contribution >= 0.6 is 11.6 Å². The van der Waals surface area contributed by atoms with Crippen molar-refractivity contribution in [3.8, 4) is 0 Å². The predicted molar refractivity (Wildman–Crippen MR) is 204 cm³/mol. The zero-order valence-electron chi connectivity index (χ0n) is 30.3. The van der Waals surface area contributed by atoms with Crippen LogP contribution in [0.5, 0.6) is 0 Å². The molecule has 0 saturated carbocycles. The van der Waals surface area contributed by atoms with Gasteiger partial charge in [-0.05, 0) is 52.6 Å². The van der Waals surface area contributed by atoms with Crippen LogP contribution in [-0.2, 0) is 60.6 Å². The lowest BCUT2D eigenvalue weighted by molar-refractivity contribution is -0.142. The predicted octanol–water partition coefficient (Wildman–Crippen LogP) is 4.39. The van der Waals surface area contributed by atoms with Gasteiger partial charge in [0.25, 0.3) is 0 Å². The first-order chi connectivity index (χ1) is 27.1. The number of rotatable bonds is 7. The molecule has 16 heteroatoms. The SMILES string of the molecule is O=C1CCC(=O)N[C@H](Cc2ccccc2Cl)C(=O)N[C@@H](Cc2ccc(C(F)(F)F)cc2)C(=O)N[C@H](Cc2ccccc2)C(=O)N[C@H](C(=O)O)Cc2ccc(cc2)N1. The fourth-order valence-electron chi connectivity index (χ4n) is 6.12. The number of nitrogens with one attached hydrogen (secondary N) is 5. The standard InChI is InChI=1S/C41H39ClF3N5O7/c42-30-9-5-4-8-27(30)23-33-39(55)49-32(21-25-10-14-28(15-11-25)41(43,44)45)37(53)48-31(20-24-6-2-1-3-7-24)38(54)50-34(40(56)57)22-26-12-16-29(17-13-26)46-35(51)18-19-36(52)47-33/h1-17,31-34H,18-23H2,(H,46,51)(H,47,52)(H,48,53)(H,49,55)(H,50,54)(H,56,57)/t31-,32+,33-,34+/m1/s1. The average molecular weight is 806 g/mol. The van der Waals surface area contributed by atoms with Crippen LogP contribution in [0.15, 0.2) is 103 Å². The third-order valence-electron chi connectivity index (χ3n) is 9.17. The Bertz CT molecular complexity index is 2080. The van der Waals surface area contributed by atoms with Gasteiger partial charge in [-0.2, -0.15) is 13.2 Å². The first-order valence-electron chi connectivity index (χ1n) is 17.9. The summed E-state index contributed by atoms with van der Waals surface area (Å²) in [4.78, 5) is 80.5. The zero-order chi connectivity index (χ0) is 41.1. The van der Waals surface area contributed by atoms with E-state index in [0.717, 1.165) is 24.3 Å². The second kappa shape index (κ2) is 19.1. The second-order valence-electron chi connectivity index (χ2n) is 13.5. The molecule has 0 fully saturated rings. The number of aliphatic carboxylic acids is 1. The molecule has 12 nitrogen and oxygen atoms in total. The molecule has 6 N–H and O–H groups in total. The van der Waals surface area contributed by atoms with Gasteiger partial charge in [0.15, 0.2) is 0 Å². The molecule has 0 aromatic heterocycles. The van der Waals surface area contributed by atoms with Crippen molar-refractivity contribution in [3.05, 3.63) is 136 Å². The van der Waals surface area contributed by atoms with Crippen molar-refractivity contribution >= 4 is 52.8 Å². The fraction of sp³-hybridized carbons (Fsp3) is 0.268. The third-order valence-corrected chi connectivity index (χ3v) is 9.54. The lowest BCUT2D eigenvalue weighted by Gasteiger charge is -2.26. The van der Waals surface area contributed by atoms with E-state index in [-0.39, 0.29) is 49.1 Å². The quantitative estimate of drug-likeness (QED) is 0.150. The number of hydrogen-bond donors (Lipinski definition) is 6. The summed E-state index contributed by atoms with van der Waals surface area (Å²) in [6, 6.07) is 19.5. The van der Waals surface area contributed by atoms with E-state index in [4.69, 9.17) is 11.6 Å². The van der Waals surface area contributed by atoms with Gasteiger partial charge in [0.05, 0.1) is 5.56 Å². The van der Waals surface area contributed by atoms with Crippen molar-refractivity contribution in [1.82, 2.24) is 21.3 Å². The number of hydrogen-bond acceptors (Lipinski definition) is 6. The van der Waals surface area contributed by atoms with Crippen LogP contribution in [0.25, 0.3) is 0 Å². The van der Waals surface area contributed by atoms with Gasteiger partial charge in [0.2, 0.25) is 29.5 Å². The van der Waals surface area contributed by atoms with Crippen LogP contribution in [0.1, 0.15) is 40.7 Å². The molecule has 57 heavy (non-hydrogen) atoms. The number of alkyl halides is 3. The highest BCUT2D eigenvalue weighted by molar-refractivity contribution is 6.31. The van der Waals surface area contributed by atoms with Gasteiger partial charge in [-0.15, -0.1) is 0 Å². The average Bonchev–Trinajstić information content (AvgIpc) is 3.17. The number of anilines is 1. The highest BCUT2D eigenvalue weighted by Crippen LogP contribution is 2.29. The van der Waals surface area contributed by atoms with Crippen LogP contribution in [-0.4, -0.2) is 64.8 Å². The Labute approximate surface area is 330 Å². The molecule has 0 saturated heterocycles. The fourth-order valence-corrected chi connectivity index (χ4v) is 6.33. The molecule has 6 rings (SSSR count). The molecule has 2 aliphatic heterocycles. The molecule has 0 unspecified atom stereocenters. The highest BCUT2D eigenvalue weighted by Gasteiger charge is 2.33. The maximum Gasteiger partial charge on any atom is 0.416 e. The van der Waals surface area contributed by atoms with Gasteiger partial charge in [-0.25, -0.2) is 4.79 Å². The topological polar surface area (TPSA) is 183 Å². The molecule has 0 radical (unpaired) electrons. The Hall–Kier alpha value is -6.22. The molecule has 2 bridgehead atoms. The van der Waals surface area contributed by atoms with E-state index >= 15 is 0 Å². The van der Waals surface area contributed by atoms with Crippen molar-refractivity contribution in [3.63, 3.8) is 0 Å². The molecule has 298 valence electrons. The maximum absolute atomic E-state index is 14.2. The highest BCUT2D eigenvalue weighted by atomic mass is 35.5. The molecule has 4 aromatic rings. The number of carbonyl (C=O) groups is 6. The summed E-state index contributed by atoms with van der Waals surface area (Å²) in [5, 5.41) is 23.3. The number of carboxylic acid groups (broad SMARTS) is 1. The van der Waals surface area contributed by atoms with Crippen molar-refractivity contribution in [2.75, 3.05) is 5.32 Å². The molecule has 0 aliphatic carbocycles. The summed E-state index contributed by atoms with van der Waals surface area (Å²) in [5.41, 5.74) is 1.20. The number of fused-ring (bicyclic) bond motifs is 18. The Morgan fingerprint density at radius 3 is 1.74 bits per heavy atom. The first kappa shape index (κ1) is 41.9. The Morgan fingerprint density at radius 1 is 0.632 bits per heavy atom. The minimum absolute atomic E-state index is 0.106. The van der Waals surface area contributed by atoms with Crippen molar-refractivity contribution < 1.29 is 47.0 Å². The molecular weight excluding hydrogens is 767 g/mol. The number of benzene rings is 4. The molecule has 4 aromatic carbocycles. The molecule has 5 amide bonds. The number of halogens is 4. The van der Waals surface area contributed by atoms with E-state index in [2.05, 4.69) is 26.6 Å². The van der Waals surface area contributed by atoms with Gasteiger partial charge in [0.1, 0.15) is 24.2 Å². The van der Waals surface area contributed by atoms with Crippen LogP contribution in [0.4, 0.5) is 18.9 Å². The van der Waals surface area contributed by atoms with Crippen molar-refractivity contribution in [2.24, 2.45) is 0 Å². The van der Waals surface area contributed by atoms with Gasteiger partial charge < -0.3 is 31.7 Å². The summed E-state index contributed by atoms with van der Waals surface area (Å²) >= 11 is 6.39. The van der Waals surface area contributed by atoms with E-state index in [9.17, 15) is 47.0 Å². The summed E-state index contributed by atoms with van der Waals surface area (Å²) < 4.78 is 40.2. The molecule has 0 spiro atoms. The van der Waals surface area contributed by atoms with Crippen LogP contribution in [0, 0.1) is 0 Å². The van der Waals surface area contributed by atoms with Gasteiger partial charge in [-0.1, -0.05) is 84.4 Å². The van der Waals surface area contributed by atoms with E-state index in [1.165, 1.54) is 12.1 Å². The minimum atomic E-state index is -4.64. The normalized spacial score (nSPS) is 20.2. The van der Waals surface area contributed by atoms with Crippen molar-refractivity contribution in [1.29, 1.82) is 0 Å². The summed E-state index contributed by atoms with van der Waals surface area (Å²) in [6.45, 7) is 0. The number of amides is 5. The first-order valence-corrected chi connectivity index (χ1v) is 18.3. The minimum Gasteiger partial charge on any atom is -0.480 e. The Kier molecular flexibility index (Phi) is 14.0. The lowest BCUT2D eigenvalue weighted by atomic mass is 9.99. The monoisotopic (exact) mass is 805 g/mol. The molecule has 2 heterocycles. The van der Waals surface area contributed by atoms with E-state index < -0.39 is 71.4 Å². The molecule has 4 atom stereocenters. The van der Waals surface area contributed by atoms with Crippen LogP contribution < -0.4 is 26.6 Å². The Morgan fingerprint density at radius 2 is 1.16 bits per heavy atom. The van der Waals surface area contributed by atoms with Gasteiger partial charge in [-0.3, -0.25) is 24.0 Å². The maximum atomic E-state index is 14.2. The zero-order valence-corrected chi connectivity index (χ0v) is 31.0. The van der Waals surface area contributed by atoms with E-state index in [1.54, 1.807) is 66.7 Å². The largest absolute Gasteiger partial charge is 0.480 e. The summed E-state index contributed by atoms with van der Waals surface area (Å²) in [7, 11) is 0. The third kappa shape index (κ3) is 12.4. The van der Waals surface area contributed by atoms with Crippen molar-refractivity contribution in [2.45, 2.75) is 68.9 Å².